The third-order valence-electron chi connectivity index (χ3n) is 4.34. The summed E-state index contributed by atoms with van der Waals surface area (Å²) < 4.78 is 1.74. The first kappa shape index (κ1) is 14.5. The van der Waals surface area contributed by atoms with E-state index in [1.54, 1.807) is 16.4 Å². The zero-order chi connectivity index (χ0) is 14.7. The second-order valence-corrected chi connectivity index (χ2v) is 6.86. The average molecular weight is 303 g/mol. The smallest absolute Gasteiger partial charge is 0.209 e. The summed E-state index contributed by atoms with van der Waals surface area (Å²) in [5.41, 5.74) is 7.41. The first-order chi connectivity index (χ1) is 10.3. The molecule has 2 aromatic rings. The molecule has 1 aromatic heterocycles. The van der Waals surface area contributed by atoms with Crippen molar-refractivity contribution in [1.82, 2.24) is 20.2 Å². The van der Waals surface area contributed by atoms with Gasteiger partial charge in [-0.3, -0.25) is 0 Å². The molecule has 1 aliphatic carbocycles. The van der Waals surface area contributed by atoms with Crippen LogP contribution in [0.25, 0.3) is 0 Å². The van der Waals surface area contributed by atoms with Crippen molar-refractivity contribution in [3.05, 3.63) is 35.9 Å². The molecule has 0 saturated heterocycles. The lowest BCUT2D eigenvalue weighted by Crippen LogP contribution is -2.32. The fraction of sp³-hybridized carbons (Fsp3) is 0.533. The quantitative estimate of drug-likeness (QED) is 0.938. The molecule has 1 saturated carbocycles. The summed E-state index contributed by atoms with van der Waals surface area (Å²) in [7, 11) is 1.89. The molecule has 112 valence electrons. The highest BCUT2D eigenvalue weighted by Crippen LogP contribution is 2.42. The highest BCUT2D eigenvalue weighted by atomic mass is 32.2. The standard InChI is InChI=1S/C15H21N5S/c1-20-15(17-18-19-20)21-14-9-12(7-8-13(14)10-16)11-5-3-2-4-6-11/h2-6,12-14H,7-10,16H2,1H3. The zero-order valence-electron chi connectivity index (χ0n) is 12.2. The molecule has 3 unspecified atom stereocenters. The maximum absolute atomic E-state index is 5.97. The molecule has 21 heavy (non-hydrogen) atoms. The maximum Gasteiger partial charge on any atom is 0.209 e. The van der Waals surface area contributed by atoms with Gasteiger partial charge >= 0.3 is 0 Å². The van der Waals surface area contributed by atoms with Gasteiger partial charge in [-0.25, -0.2) is 4.68 Å². The topological polar surface area (TPSA) is 69.6 Å². The molecule has 2 N–H and O–H groups in total. The molecular weight excluding hydrogens is 282 g/mol. The van der Waals surface area contributed by atoms with E-state index < -0.39 is 0 Å². The first-order valence-electron chi connectivity index (χ1n) is 7.42. The van der Waals surface area contributed by atoms with Gasteiger partial charge in [0.15, 0.2) is 0 Å². The van der Waals surface area contributed by atoms with Crippen LogP contribution in [0.2, 0.25) is 0 Å². The number of aryl methyl sites for hydroxylation is 1. The van der Waals surface area contributed by atoms with Crippen LogP contribution in [0, 0.1) is 5.92 Å². The molecule has 0 spiro atoms. The Morgan fingerprint density at radius 1 is 1.29 bits per heavy atom. The monoisotopic (exact) mass is 303 g/mol. The predicted octanol–water partition coefficient (Wildman–Crippen LogP) is 2.21. The number of thioether (sulfide) groups is 1. The van der Waals surface area contributed by atoms with Crippen LogP contribution < -0.4 is 5.73 Å². The Bertz CT molecular complexity index is 570. The Labute approximate surface area is 129 Å². The summed E-state index contributed by atoms with van der Waals surface area (Å²) in [6, 6.07) is 10.8. The highest BCUT2D eigenvalue weighted by molar-refractivity contribution is 7.99. The zero-order valence-corrected chi connectivity index (χ0v) is 13.0. The van der Waals surface area contributed by atoms with Gasteiger partial charge in [-0.15, -0.1) is 5.10 Å². The minimum Gasteiger partial charge on any atom is -0.330 e. The molecule has 3 rings (SSSR count). The van der Waals surface area contributed by atoms with E-state index in [0.717, 1.165) is 18.1 Å². The molecule has 1 aromatic carbocycles. The molecule has 6 heteroatoms. The fourth-order valence-corrected chi connectivity index (χ4v) is 4.40. The van der Waals surface area contributed by atoms with Gasteiger partial charge in [0, 0.05) is 12.3 Å². The van der Waals surface area contributed by atoms with Crippen molar-refractivity contribution in [1.29, 1.82) is 0 Å². The van der Waals surface area contributed by atoms with Gasteiger partial charge in [0.2, 0.25) is 5.16 Å². The largest absolute Gasteiger partial charge is 0.330 e. The number of hydrogen-bond acceptors (Lipinski definition) is 5. The van der Waals surface area contributed by atoms with Crippen LogP contribution in [0.4, 0.5) is 0 Å². The summed E-state index contributed by atoms with van der Waals surface area (Å²) in [5.74, 6) is 1.17. The van der Waals surface area contributed by atoms with Crippen LogP contribution in [-0.4, -0.2) is 32.0 Å². The summed E-state index contributed by atoms with van der Waals surface area (Å²) in [4.78, 5) is 0. The van der Waals surface area contributed by atoms with Crippen LogP contribution >= 0.6 is 11.8 Å². The lowest BCUT2D eigenvalue weighted by atomic mass is 9.78. The first-order valence-corrected chi connectivity index (χ1v) is 8.30. The molecule has 0 amide bonds. The van der Waals surface area contributed by atoms with Crippen molar-refractivity contribution >= 4 is 11.8 Å². The normalized spacial score (nSPS) is 25.9. The number of nitrogens with zero attached hydrogens (tertiary/aromatic N) is 4. The van der Waals surface area contributed by atoms with Crippen molar-refractivity contribution in [3.63, 3.8) is 0 Å². The van der Waals surface area contributed by atoms with Crippen molar-refractivity contribution in [2.75, 3.05) is 6.54 Å². The minimum absolute atomic E-state index is 0.485. The van der Waals surface area contributed by atoms with Crippen LogP contribution in [0.5, 0.6) is 0 Å². The van der Waals surface area contributed by atoms with E-state index in [1.807, 2.05) is 7.05 Å². The Kier molecular flexibility index (Phi) is 4.55. The third kappa shape index (κ3) is 3.27. The Morgan fingerprint density at radius 2 is 2.10 bits per heavy atom. The molecular formula is C15H21N5S. The molecule has 1 fully saturated rings. The molecule has 1 heterocycles. The van der Waals surface area contributed by atoms with E-state index in [2.05, 4.69) is 45.9 Å². The minimum atomic E-state index is 0.485. The number of nitrogens with two attached hydrogens (primary N) is 1. The van der Waals surface area contributed by atoms with Crippen LogP contribution in [-0.2, 0) is 7.05 Å². The third-order valence-corrected chi connectivity index (χ3v) is 5.78. The van der Waals surface area contributed by atoms with Gasteiger partial charge in [-0.1, -0.05) is 42.1 Å². The van der Waals surface area contributed by atoms with Crippen molar-refractivity contribution in [2.45, 2.75) is 35.6 Å². The van der Waals surface area contributed by atoms with Crippen molar-refractivity contribution in [2.24, 2.45) is 18.7 Å². The SMILES string of the molecule is Cn1nnnc1SC1CC(c2ccccc2)CCC1CN. The summed E-state index contributed by atoms with van der Waals surface area (Å²) in [5, 5.41) is 13.1. The van der Waals surface area contributed by atoms with Gasteiger partial charge in [0.05, 0.1) is 0 Å². The Morgan fingerprint density at radius 3 is 2.76 bits per heavy atom. The van der Waals surface area contributed by atoms with E-state index in [-0.39, 0.29) is 0 Å². The number of hydrogen-bond donors (Lipinski definition) is 1. The van der Waals surface area contributed by atoms with E-state index in [0.29, 0.717) is 17.1 Å². The van der Waals surface area contributed by atoms with Crippen LogP contribution in [0.3, 0.4) is 0 Å². The molecule has 0 aliphatic heterocycles. The van der Waals surface area contributed by atoms with Crippen LogP contribution in [0.15, 0.2) is 35.5 Å². The number of aromatic nitrogens is 4. The van der Waals surface area contributed by atoms with Gasteiger partial charge in [-0.05, 0) is 53.6 Å². The molecule has 0 bridgehead atoms. The highest BCUT2D eigenvalue weighted by Gasteiger charge is 2.32. The van der Waals surface area contributed by atoms with E-state index in [1.165, 1.54) is 18.4 Å². The summed E-state index contributed by atoms with van der Waals surface area (Å²) in [6.45, 7) is 0.741. The lowest BCUT2D eigenvalue weighted by molar-refractivity contribution is 0.343. The number of rotatable bonds is 4. The Hall–Kier alpha value is -1.40. The summed E-state index contributed by atoms with van der Waals surface area (Å²) >= 11 is 1.78. The molecule has 3 atom stereocenters. The van der Waals surface area contributed by atoms with Gasteiger partial charge in [0.25, 0.3) is 0 Å². The van der Waals surface area contributed by atoms with E-state index in [4.69, 9.17) is 5.73 Å². The van der Waals surface area contributed by atoms with E-state index in [9.17, 15) is 0 Å². The van der Waals surface area contributed by atoms with Gasteiger partial charge in [0.1, 0.15) is 0 Å². The number of benzene rings is 1. The average Bonchev–Trinajstić information content (AvgIpc) is 2.93. The van der Waals surface area contributed by atoms with Crippen molar-refractivity contribution < 1.29 is 0 Å². The van der Waals surface area contributed by atoms with E-state index >= 15 is 0 Å². The Balaban J connectivity index is 1.74. The molecule has 5 nitrogen and oxygen atoms in total. The maximum atomic E-state index is 5.97. The van der Waals surface area contributed by atoms with Crippen molar-refractivity contribution in [3.8, 4) is 0 Å². The fourth-order valence-electron chi connectivity index (χ4n) is 3.09. The second-order valence-electron chi connectivity index (χ2n) is 5.66. The van der Waals surface area contributed by atoms with Gasteiger partial charge < -0.3 is 5.73 Å². The predicted molar refractivity (Wildman–Crippen MR) is 84.0 cm³/mol. The summed E-state index contributed by atoms with van der Waals surface area (Å²) in [6.07, 6.45) is 3.54. The number of tetrazole rings is 1. The second kappa shape index (κ2) is 6.58. The van der Waals surface area contributed by atoms with Gasteiger partial charge in [-0.2, -0.15) is 0 Å². The lowest BCUT2D eigenvalue weighted by Gasteiger charge is -2.35. The van der Waals surface area contributed by atoms with Crippen LogP contribution in [0.1, 0.15) is 30.7 Å². The molecule has 1 aliphatic rings. The molecule has 0 radical (unpaired) electrons.